The van der Waals surface area contributed by atoms with Crippen LogP contribution in [0.2, 0.25) is 0 Å². The van der Waals surface area contributed by atoms with E-state index in [0.717, 1.165) is 5.56 Å². The number of nitrogens with two attached hydrogens (primary N) is 1. The van der Waals surface area contributed by atoms with E-state index in [0.29, 0.717) is 12.2 Å². The van der Waals surface area contributed by atoms with Gasteiger partial charge in [0.25, 0.3) is 0 Å². The van der Waals surface area contributed by atoms with Crippen molar-refractivity contribution >= 4 is 11.9 Å². The lowest BCUT2D eigenvalue weighted by atomic mass is 10.1. The molecule has 6 nitrogen and oxygen atoms in total. The van der Waals surface area contributed by atoms with Crippen molar-refractivity contribution in [2.45, 2.75) is 38.8 Å². The van der Waals surface area contributed by atoms with E-state index in [-0.39, 0.29) is 6.61 Å². The quantitative estimate of drug-likeness (QED) is 0.800. The third kappa shape index (κ3) is 6.58. The highest BCUT2D eigenvalue weighted by molar-refractivity contribution is 5.75. The molecule has 2 N–H and O–H groups in total. The lowest BCUT2D eigenvalue weighted by Gasteiger charge is -2.19. The summed E-state index contributed by atoms with van der Waals surface area (Å²) in [5.41, 5.74) is 6.03. The number of benzene rings is 1. The maximum atomic E-state index is 11.5. The van der Waals surface area contributed by atoms with Gasteiger partial charge in [-0.2, -0.15) is 0 Å². The molecule has 0 aliphatic rings. The Morgan fingerprint density at radius 1 is 1.18 bits per heavy atom. The van der Waals surface area contributed by atoms with Crippen LogP contribution in [-0.4, -0.2) is 37.3 Å². The topological polar surface area (TPSA) is 87.9 Å². The van der Waals surface area contributed by atoms with Gasteiger partial charge in [-0.05, 0) is 44.9 Å². The molecular formula is C16H23NO5. The second-order valence-corrected chi connectivity index (χ2v) is 5.85. The first kappa shape index (κ1) is 18.0. The summed E-state index contributed by atoms with van der Waals surface area (Å²) in [7, 11) is 1.30. The predicted octanol–water partition coefficient (Wildman–Crippen LogP) is 1.45. The minimum atomic E-state index is -0.696. The number of rotatable bonds is 6. The Morgan fingerprint density at radius 2 is 1.77 bits per heavy atom. The summed E-state index contributed by atoms with van der Waals surface area (Å²) in [5, 5.41) is 0. The number of methoxy groups -OCH3 is 1. The molecular weight excluding hydrogens is 286 g/mol. The molecule has 0 fully saturated rings. The van der Waals surface area contributed by atoms with Crippen molar-refractivity contribution in [2.75, 3.05) is 13.7 Å². The Kier molecular flexibility index (Phi) is 6.37. The Bertz CT molecular complexity index is 504. The normalized spacial score (nSPS) is 12.4. The van der Waals surface area contributed by atoms with Crippen molar-refractivity contribution < 1.29 is 23.8 Å². The summed E-state index contributed by atoms with van der Waals surface area (Å²) in [6.07, 6.45) is 0.374. The minimum absolute atomic E-state index is 0.154. The molecule has 0 aliphatic heterocycles. The fourth-order valence-electron chi connectivity index (χ4n) is 1.72. The lowest BCUT2D eigenvalue weighted by Crippen LogP contribution is -2.33. The molecule has 0 heterocycles. The van der Waals surface area contributed by atoms with Crippen LogP contribution >= 0.6 is 0 Å². The fraction of sp³-hybridized carbons (Fsp3) is 0.500. The zero-order chi connectivity index (χ0) is 16.8. The molecule has 0 unspecified atom stereocenters. The van der Waals surface area contributed by atoms with Gasteiger partial charge in [0.2, 0.25) is 0 Å². The van der Waals surface area contributed by atoms with E-state index in [1.165, 1.54) is 7.11 Å². The van der Waals surface area contributed by atoms with Crippen LogP contribution < -0.4 is 10.5 Å². The molecule has 6 heteroatoms. The smallest absolute Gasteiger partial charge is 0.344 e. The molecule has 1 rings (SSSR count). The van der Waals surface area contributed by atoms with Gasteiger partial charge in [0.05, 0.1) is 7.11 Å². The van der Waals surface area contributed by atoms with Gasteiger partial charge in [-0.15, -0.1) is 0 Å². The van der Waals surface area contributed by atoms with E-state index in [4.69, 9.17) is 15.2 Å². The van der Waals surface area contributed by atoms with Crippen molar-refractivity contribution in [3.05, 3.63) is 29.8 Å². The van der Waals surface area contributed by atoms with Crippen LogP contribution in [0.1, 0.15) is 26.3 Å². The number of carbonyl (C=O) groups excluding carboxylic acids is 2. The van der Waals surface area contributed by atoms with Crippen molar-refractivity contribution in [2.24, 2.45) is 5.73 Å². The van der Waals surface area contributed by atoms with Crippen LogP contribution in [0.4, 0.5) is 0 Å². The van der Waals surface area contributed by atoms with Gasteiger partial charge in [0.15, 0.2) is 6.61 Å². The maximum absolute atomic E-state index is 11.5. The average Bonchev–Trinajstić information content (AvgIpc) is 2.43. The second-order valence-electron chi connectivity index (χ2n) is 5.85. The summed E-state index contributed by atoms with van der Waals surface area (Å²) in [4.78, 5) is 22.8. The highest BCUT2D eigenvalue weighted by Gasteiger charge is 2.17. The van der Waals surface area contributed by atoms with E-state index in [1.54, 1.807) is 45.0 Å². The van der Waals surface area contributed by atoms with Gasteiger partial charge in [-0.1, -0.05) is 12.1 Å². The number of carbonyl (C=O) groups is 2. The first-order valence-corrected chi connectivity index (χ1v) is 6.98. The summed E-state index contributed by atoms with van der Waals surface area (Å²) in [6, 6.07) is 6.30. The Morgan fingerprint density at radius 3 is 2.27 bits per heavy atom. The Hall–Kier alpha value is -2.08. The van der Waals surface area contributed by atoms with Gasteiger partial charge in [0, 0.05) is 0 Å². The molecule has 1 aromatic rings. The molecule has 0 radical (unpaired) electrons. The van der Waals surface area contributed by atoms with E-state index in [1.807, 2.05) is 0 Å². The predicted molar refractivity (Wildman–Crippen MR) is 81.5 cm³/mol. The Balaban J connectivity index is 2.48. The zero-order valence-corrected chi connectivity index (χ0v) is 13.4. The molecule has 0 amide bonds. The van der Waals surface area contributed by atoms with Gasteiger partial charge >= 0.3 is 11.9 Å². The van der Waals surface area contributed by atoms with Crippen LogP contribution in [0.25, 0.3) is 0 Å². The van der Waals surface area contributed by atoms with Crippen LogP contribution in [0, 0.1) is 0 Å². The molecule has 0 saturated carbocycles. The van der Waals surface area contributed by atoms with Gasteiger partial charge < -0.3 is 19.9 Å². The molecule has 0 aromatic heterocycles. The number of hydrogen-bond acceptors (Lipinski definition) is 6. The number of ether oxygens (including phenoxy) is 3. The second kappa shape index (κ2) is 7.79. The van der Waals surface area contributed by atoms with Crippen LogP contribution in [0.3, 0.4) is 0 Å². The molecule has 1 atom stereocenters. The summed E-state index contributed by atoms with van der Waals surface area (Å²) in [6.45, 7) is 5.23. The molecule has 122 valence electrons. The Labute approximate surface area is 130 Å². The van der Waals surface area contributed by atoms with E-state index >= 15 is 0 Å². The highest BCUT2D eigenvalue weighted by Crippen LogP contribution is 2.14. The van der Waals surface area contributed by atoms with Crippen molar-refractivity contribution in [1.82, 2.24) is 0 Å². The molecule has 0 spiro atoms. The molecule has 0 bridgehead atoms. The van der Waals surface area contributed by atoms with E-state index in [2.05, 4.69) is 4.74 Å². The maximum Gasteiger partial charge on any atom is 0.344 e. The van der Waals surface area contributed by atoms with Crippen LogP contribution in [-0.2, 0) is 25.5 Å². The number of esters is 2. The third-order valence-corrected chi connectivity index (χ3v) is 2.66. The minimum Gasteiger partial charge on any atom is -0.482 e. The largest absolute Gasteiger partial charge is 0.482 e. The lowest BCUT2D eigenvalue weighted by molar-refractivity contribution is -0.157. The fourth-order valence-corrected chi connectivity index (χ4v) is 1.72. The SMILES string of the molecule is COC(=O)[C@H](N)Cc1ccc(OCC(=O)OC(C)(C)C)cc1. The summed E-state index contributed by atoms with van der Waals surface area (Å²) >= 11 is 0. The van der Waals surface area contributed by atoms with Crippen molar-refractivity contribution in [3.8, 4) is 5.75 Å². The van der Waals surface area contributed by atoms with Crippen LogP contribution in [0.15, 0.2) is 24.3 Å². The molecule has 0 saturated heterocycles. The summed E-state index contributed by atoms with van der Waals surface area (Å²) < 4.78 is 15.1. The van der Waals surface area contributed by atoms with E-state index < -0.39 is 23.6 Å². The van der Waals surface area contributed by atoms with E-state index in [9.17, 15) is 9.59 Å². The zero-order valence-electron chi connectivity index (χ0n) is 13.4. The molecule has 22 heavy (non-hydrogen) atoms. The highest BCUT2D eigenvalue weighted by atomic mass is 16.6. The first-order valence-electron chi connectivity index (χ1n) is 6.98. The van der Waals surface area contributed by atoms with Crippen LogP contribution in [0.5, 0.6) is 5.75 Å². The third-order valence-electron chi connectivity index (χ3n) is 2.66. The first-order chi connectivity index (χ1) is 10.2. The molecule has 0 aliphatic carbocycles. The number of hydrogen-bond donors (Lipinski definition) is 1. The van der Waals surface area contributed by atoms with Gasteiger partial charge in [-0.3, -0.25) is 4.79 Å². The van der Waals surface area contributed by atoms with Gasteiger partial charge in [-0.25, -0.2) is 4.79 Å². The monoisotopic (exact) mass is 309 g/mol. The van der Waals surface area contributed by atoms with Gasteiger partial charge in [0.1, 0.15) is 17.4 Å². The standard InChI is InChI=1S/C16H23NO5/c1-16(2,3)22-14(18)10-21-12-7-5-11(6-8-12)9-13(17)15(19)20-4/h5-8,13H,9-10,17H2,1-4H3/t13-/m1/s1. The van der Waals surface area contributed by atoms with Crippen molar-refractivity contribution in [3.63, 3.8) is 0 Å². The molecule has 1 aromatic carbocycles. The average molecular weight is 309 g/mol. The van der Waals surface area contributed by atoms with Crippen molar-refractivity contribution in [1.29, 1.82) is 0 Å². The summed E-state index contributed by atoms with van der Waals surface area (Å²) in [5.74, 6) is -0.337.